The Bertz CT molecular complexity index is 1230. The smallest absolute Gasteiger partial charge is 0.264 e. The fraction of sp³-hybridized carbons (Fsp3) is 0.167. The number of sulfonamides is 1. The first-order valence-corrected chi connectivity index (χ1v) is 11.7. The van der Waals surface area contributed by atoms with Crippen molar-refractivity contribution in [1.82, 2.24) is 5.43 Å². The van der Waals surface area contributed by atoms with E-state index in [0.717, 1.165) is 9.87 Å². The van der Waals surface area contributed by atoms with E-state index in [0.29, 0.717) is 23.6 Å². The summed E-state index contributed by atoms with van der Waals surface area (Å²) in [5.74, 6) is -0.320. The minimum absolute atomic E-state index is 0.00199. The molecule has 3 rings (SSSR count). The van der Waals surface area contributed by atoms with Gasteiger partial charge in [0.1, 0.15) is 6.54 Å². The Balaban J connectivity index is 1.78. The number of anilines is 1. The van der Waals surface area contributed by atoms with Crippen LogP contribution in [0.4, 0.5) is 5.69 Å². The maximum absolute atomic E-state index is 13.3. The van der Waals surface area contributed by atoms with Crippen LogP contribution in [0, 0.1) is 6.92 Å². The van der Waals surface area contributed by atoms with Crippen molar-refractivity contribution in [3.05, 3.63) is 83.9 Å². The van der Waals surface area contributed by atoms with Crippen molar-refractivity contribution in [2.24, 2.45) is 5.10 Å². The number of phenolic OH excluding ortho intramolecular Hbond substituents is 1. The molecule has 0 aliphatic rings. The molecule has 33 heavy (non-hydrogen) atoms. The van der Waals surface area contributed by atoms with Crippen LogP contribution in [0.5, 0.6) is 11.5 Å². The molecule has 0 saturated heterocycles. The highest BCUT2D eigenvalue weighted by atomic mass is 32.2. The molecule has 0 atom stereocenters. The standard InChI is InChI=1S/C24H25N3O5S/c1-3-32-23-15-19(11-14-22(23)28)16-25-26-24(29)17-27(20-7-5-4-6-8-20)33(30,31)21-12-9-18(2)10-13-21/h4-16,28H,3,17H2,1-2H3,(H,26,29)/b25-16-. The van der Waals surface area contributed by atoms with Crippen LogP contribution in [0.1, 0.15) is 18.1 Å². The SMILES string of the molecule is CCOc1cc(/C=N\NC(=O)CN(c2ccccc2)S(=O)(=O)c2ccc(C)cc2)ccc1O. The van der Waals surface area contributed by atoms with Gasteiger partial charge in [-0.25, -0.2) is 13.8 Å². The molecule has 0 aliphatic carbocycles. The number of carbonyl (C=O) groups is 1. The number of rotatable bonds is 9. The fourth-order valence-corrected chi connectivity index (χ4v) is 4.39. The summed E-state index contributed by atoms with van der Waals surface area (Å²) < 4.78 is 32.9. The van der Waals surface area contributed by atoms with Gasteiger partial charge in [-0.3, -0.25) is 9.10 Å². The maximum atomic E-state index is 13.3. The average Bonchev–Trinajstić information content (AvgIpc) is 2.80. The molecule has 0 aliphatic heterocycles. The van der Waals surface area contributed by atoms with E-state index in [4.69, 9.17) is 4.74 Å². The van der Waals surface area contributed by atoms with Crippen LogP contribution >= 0.6 is 0 Å². The fourth-order valence-electron chi connectivity index (χ4n) is 2.97. The number of ether oxygens (including phenoxy) is 1. The van der Waals surface area contributed by atoms with Gasteiger partial charge in [-0.1, -0.05) is 35.9 Å². The molecule has 0 radical (unpaired) electrons. The van der Waals surface area contributed by atoms with Crippen LogP contribution in [0.3, 0.4) is 0 Å². The number of phenols is 1. The van der Waals surface area contributed by atoms with E-state index in [2.05, 4.69) is 10.5 Å². The molecule has 0 fully saturated rings. The Morgan fingerprint density at radius 1 is 1.09 bits per heavy atom. The van der Waals surface area contributed by atoms with Crippen LogP contribution < -0.4 is 14.5 Å². The minimum Gasteiger partial charge on any atom is -0.504 e. The lowest BCUT2D eigenvalue weighted by atomic mass is 10.2. The summed E-state index contributed by atoms with van der Waals surface area (Å²) in [5, 5.41) is 13.7. The largest absolute Gasteiger partial charge is 0.504 e. The Kier molecular flexibility index (Phi) is 7.68. The number of nitrogens with zero attached hydrogens (tertiary/aromatic N) is 2. The first-order valence-electron chi connectivity index (χ1n) is 10.2. The van der Waals surface area contributed by atoms with E-state index in [-0.39, 0.29) is 10.6 Å². The number of amides is 1. The Morgan fingerprint density at radius 3 is 2.45 bits per heavy atom. The lowest BCUT2D eigenvalue weighted by Crippen LogP contribution is -2.39. The summed E-state index contributed by atoms with van der Waals surface area (Å²) in [6.45, 7) is 3.58. The number of benzene rings is 3. The molecule has 1 amide bonds. The normalized spacial score (nSPS) is 11.3. The minimum atomic E-state index is -3.98. The number of hydrazone groups is 1. The van der Waals surface area contributed by atoms with Gasteiger partial charge in [0, 0.05) is 0 Å². The molecule has 8 nitrogen and oxygen atoms in total. The number of nitrogens with one attached hydrogen (secondary N) is 1. The second-order valence-electron chi connectivity index (χ2n) is 7.11. The van der Waals surface area contributed by atoms with Gasteiger partial charge in [0.2, 0.25) is 0 Å². The molecule has 172 valence electrons. The number of aromatic hydroxyl groups is 1. The van der Waals surface area contributed by atoms with Crippen molar-refractivity contribution < 1.29 is 23.1 Å². The number of carbonyl (C=O) groups excluding carboxylic acids is 1. The van der Waals surface area contributed by atoms with Crippen molar-refractivity contribution in [3.8, 4) is 11.5 Å². The molecule has 0 spiro atoms. The Labute approximate surface area is 193 Å². The second-order valence-corrected chi connectivity index (χ2v) is 8.98. The quantitative estimate of drug-likeness (QED) is 0.370. The van der Waals surface area contributed by atoms with Gasteiger partial charge in [0.05, 0.1) is 23.4 Å². The van der Waals surface area contributed by atoms with Gasteiger partial charge in [0.15, 0.2) is 11.5 Å². The highest BCUT2D eigenvalue weighted by molar-refractivity contribution is 7.92. The van der Waals surface area contributed by atoms with Crippen molar-refractivity contribution >= 4 is 27.8 Å². The number of hydrogen-bond donors (Lipinski definition) is 2. The molecule has 9 heteroatoms. The van der Waals surface area contributed by atoms with Crippen LogP contribution in [0.25, 0.3) is 0 Å². The molecule has 0 saturated carbocycles. The van der Waals surface area contributed by atoms with Crippen molar-refractivity contribution in [2.45, 2.75) is 18.7 Å². The van der Waals surface area contributed by atoms with E-state index >= 15 is 0 Å². The van der Waals surface area contributed by atoms with Gasteiger partial charge in [-0.05, 0) is 61.9 Å². The van der Waals surface area contributed by atoms with E-state index in [9.17, 15) is 18.3 Å². The molecular weight excluding hydrogens is 442 g/mol. The van der Waals surface area contributed by atoms with Crippen LogP contribution in [-0.2, 0) is 14.8 Å². The summed E-state index contributed by atoms with van der Waals surface area (Å²) in [4.78, 5) is 12.7. The second kappa shape index (κ2) is 10.6. The topological polar surface area (TPSA) is 108 Å². The molecule has 3 aromatic carbocycles. The third kappa shape index (κ3) is 6.11. The monoisotopic (exact) mass is 467 g/mol. The third-order valence-electron chi connectivity index (χ3n) is 4.63. The Morgan fingerprint density at radius 2 is 1.79 bits per heavy atom. The maximum Gasteiger partial charge on any atom is 0.264 e. The summed E-state index contributed by atoms with van der Waals surface area (Å²) in [6, 6.07) is 19.5. The molecule has 0 bridgehead atoms. The van der Waals surface area contributed by atoms with E-state index in [1.165, 1.54) is 24.4 Å². The van der Waals surface area contributed by atoms with Crippen LogP contribution in [0.15, 0.2) is 82.8 Å². The van der Waals surface area contributed by atoms with Gasteiger partial charge >= 0.3 is 0 Å². The Hall–Kier alpha value is -3.85. The summed E-state index contributed by atoms with van der Waals surface area (Å²) >= 11 is 0. The van der Waals surface area contributed by atoms with E-state index in [1.54, 1.807) is 61.5 Å². The van der Waals surface area contributed by atoms with E-state index < -0.39 is 22.5 Å². The lowest BCUT2D eigenvalue weighted by molar-refractivity contribution is -0.119. The third-order valence-corrected chi connectivity index (χ3v) is 6.42. The zero-order valence-corrected chi connectivity index (χ0v) is 19.1. The number of aryl methyl sites for hydroxylation is 1. The predicted octanol–water partition coefficient (Wildman–Crippen LogP) is 3.44. The predicted molar refractivity (Wildman–Crippen MR) is 127 cm³/mol. The first kappa shape index (κ1) is 23.8. The molecule has 0 aromatic heterocycles. The number of hydrogen-bond acceptors (Lipinski definition) is 6. The van der Waals surface area contributed by atoms with Gasteiger partial charge in [-0.15, -0.1) is 0 Å². The molecule has 0 unspecified atom stereocenters. The summed E-state index contributed by atoms with van der Waals surface area (Å²) in [5.41, 5.74) is 4.22. The molecule has 3 aromatic rings. The van der Waals surface area contributed by atoms with Crippen molar-refractivity contribution in [1.29, 1.82) is 0 Å². The van der Waals surface area contributed by atoms with Crippen molar-refractivity contribution in [3.63, 3.8) is 0 Å². The molecular formula is C24H25N3O5S. The highest BCUT2D eigenvalue weighted by Crippen LogP contribution is 2.26. The highest BCUT2D eigenvalue weighted by Gasteiger charge is 2.27. The van der Waals surface area contributed by atoms with Crippen LogP contribution in [0.2, 0.25) is 0 Å². The summed E-state index contributed by atoms with van der Waals surface area (Å²) in [7, 11) is -3.98. The van der Waals surface area contributed by atoms with Gasteiger partial charge < -0.3 is 9.84 Å². The average molecular weight is 468 g/mol. The first-order chi connectivity index (χ1) is 15.8. The molecule has 2 N–H and O–H groups in total. The van der Waals surface area contributed by atoms with E-state index in [1.807, 2.05) is 6.92 Å². The number of para-hydroxylation sites is 1. The zero-order valence-electron chi connectivity index (χ0n) is 18.3. The van der Waals surface area contributed by atoms with Crippen LogP contribution in [-0.4, -0.2) is 38.8 Å². The van der Waals surface area contributed by atoms with Crippen molar-refractivity contribution in [2.75, 3.05) is 17.5 Å². The summed E-state index contributed by atoms with van der Waals surface area (Å²) in [6.07, 6.45) is 1.38. The van der Waals surface area contributed by atoms with Gasteiger partial charge in [0.25, 0.3) is 15.9 Å². The zero-order chi connectivity index (χ0) is 23.8. The molecule has 0 heterocycles. The van der Waals surface area contributed by atoms with Gasteiger partial charge in [-0.2, -0.15) is 5.10 Å². The lowest BCUT2D eigenvalue weighted by Gasteiger charge is -2.23.